The van der Waals surface area contributed by atoms with Crippen LogP contribution in [0.5, 0.6) is 5.88 Å². The number of anilines is 1. The Morgan fingerprint density at radius 2 is 1.72 bits per heavy atom. The average molecular weight is 605 g/mol. The number of fused-ring (bicyclic) bond motifs is 4. The highest BCUT2D eigenvalue weighted by atomic mass is 32.2. The Kier molecular flexibility index (Phi) is 7.95. The summed E-state index contributed by atoms with van der Waals surface area (Å²) < 4.78 is 37.0. The maximum Gasteiger partial charge on any atom is 0.283 e. The molecule has 4 heterocycles. The van der Waals surface area contributed by atoms with Gasteiger partial charge in [0.2, 0.25) is 11.8 Å². The SMILES string of the molecule is Cc1ncc(CN2C(=O)c3cc(nn3C)S(=O)(=O)Nc3nc(cc(-c4c(C)cccc4C)n3)OC[C@H]2CC(C)(C)C)cn1. The molecule has 1 N–H and O–H groups in total. The molecule has 0 unspecified atom stereocenters. The molecule has 1 aliphatic rings. The van der Waals surface area contributed by atoms with Gasteiger partial charge in [-0.25, -0.2) is 19.7 Å². The second-order valence-corrected chi connectivity index (χ2v) is 13.7. The third-order valence-electron chi connectivity index (χ3n) is 7.18. The second-order valence-electron chi connectivity index (χ2n) is 12.1. The van der Waals surface area contributed by atoms with E-state index in [1.54, 1.807) is 30.3 Å². The third-order valence-corrected chi connectivity index (χ3v) is 8.38. The monoisotopic (exact) mass is 604 g/mol. The van der Waals surface area contributed by atoms with Gasteiger partial charge in [0.1, 0.15) is 18.1 Å². The van der Waals surface area contributed by atoms with Crippen LogP contribution in [0.2, 0.25) is 0 Å². The van der Waals surface area contributed by atoms with Crippen molar-refractivity contribution in [2.75, 3.05) is 11.3 Å². The highest BCUT2D eigenvalue weighted by Gasteiger charge is 2.33. The van der Waals surface area contributed by atoms with Crippen molar-refractivity contribution >= 4 is 21.9 Å². The second kappa shape index (κ2) is 11.4. The Balaban J connectivity index is 1.68. The summed E-state index contributed by atoms with van der Waals surface area (Å²) in [5, 5.41) is 3.86. The molecule has 0 aliphatic carbocycles. The molecule has 226 valence electrons. The first-order valence-electron chi connectivity index (χ1n) is 13.9. The smallest absolute Gasteiger partial charge is 0.283 e. The van der Waals surface area contributed by atoms with E-state index in [1.165, 1.54) is 17.8 Å². The standard InChI is InChI=1S/C30H36N8O4S/c1-18-9-8-10-19(2)27(18)23-11-25-34-29(33-23)36-43(40,41)26-12-24(37(7)35-26)28(39)38(16-21-14-31-20(3)32-15-21)22(17-42-25)13-30(4,5)6/h8-12,14-15,22H,13,16-17H2,1-7H3,(H,33,34,36)/t22-/m1/s1. The van der Waals surface area contributed by atoms with Crippen molar-refractivity contribution in [2.24, 2.45) is 12.5 Å². The summed E-state index contributed by atoms with van der Waals surface area (Å²) >= 11 is 0. The highest BCUT2D eigenvalue weighted by Crippen LogP contribution is 2.31. The van der Waals surface area contributed by atoms with E-state index in [-0.39, 0.29) is 41.1 Å². The van der Waals surface area contributed by atoms with Crippen molar-refractivity contribution in [1.29, 1.82) is 0 Å². The van der Waals surface area contributed by atoms with Crippen LogP contribution < -0.4 is 9.46 Å². The fraction of sp³-hybridized carbons (Fsp3) is 0.400. The van der Waals surface area contributed by atoms with Crippen LogP contribution in [0.4, 0.5) is 5.95 Å². The molecular formula is C30H36N8O4S. The zero-order valence-electron chi connectivity index (χ0n) is 25.4. The van der Waals surface area contributed by atoms with E-state index in [4.69, 9.17) is 4.74 Å². The van der Waals surface area contributed by atoms with Gasteiger partial charge in [-0.2, -0.15) is 18.5 Å². The number of ether oxygens (including phenoxy) is 1. The predicted octanol–water partition coefficient (Wildman–Crippen LogP) is 4.23. The number of hydrogen-bond donors (Lipinski definition) is 1. The van der Waals surface area contributed by atoms with Gasteiger partial charge >= 0.3 is 0 Å². The van der Waals surface area contributed by atoms with E-state index < -0.39 is 22.0 Å². The van der Waals surface area contributed by atoms with E-state index in [0.29, 0.717) is 17.9 Å². The van der Waals surface area contributed by atoms with Gasteiger partial charge in [0.15, 0.2) is 5.03 Å². The van der Waals surface area contributed by atoms with Crippen LogP contribution in [0.15, 0.2) is 47.8 Å². The lowest BCUT2D eigenvalue weighted by Gasteiger charge is -2.35. The zero-order valence-corrected chi connectivity index (χ0v) is 26.2. The Bertz CT molecular complexity index is 1760. The van der Waals surface area contributed by atoms with Gasteiger partial charge in [-0.3, -0.25) is 9.48 Å². The minimum atomic E-state index is -4.26. The third kappa shape index (κ3) is 6.66. The summed E-state index contributed by atoms with van der Waals surface area (Å²) in [4.78, 5) is 33.4. The highest BCUT2D eigenvalue weighted by molar-refractivity contribution is 7.92. The molecule has 1 aromatic carbocycles. The quantitative estimate of drug-likeness (QED) is 0.362. The molecule has 12 nitrogen and oxygen atoms in total. The number of nitrogens with zero attached hydrogens (tertiary/aromatic N) is 7. The first-order chi connectivity index (χ1) is 20.2. The minimum Gasteiger partial charge on any atom is -0.475 e. The molecule has 43 heavy (non-hydrogen) atoms. The van der Waals surface area contributed by atoms with E-state index >= 15 is 0 Å². The van der Waals surface area contributed by atoms with Crippen molar-refractivity contribution < 1.29 is 17.9 Å². The number of sulfonamides is 1. The molecule has 1 amide bonds. The Hall–Kier alpha value is -4.39. The molecule has 0 saturated heterocycles. The molecule has 0 fully saturated rings. The van der Waals surface area contributed by atoms with Gasteiger partial charge in [0.05, 0.1) is 11.7 Å². The van der Waals surface area contributed by atoms with Crippen molar-refractivity contribution in [1.82, 2.24) is 34.6 Å². The van der Waals surface area contributed by atoms with Crippen molar-refractivity contribution in [3.05, 3.63) is 70.9 Å². The van der Waals surface area contributed by atoms with Gasteiger partial charge in [-0.15, -0.1) is 0 Å². The number of carbonyl (C=O) groups is 1. The Morgan fingerprint density at radius 1 is 1.05 bits per heavy atom. The van der Waals surface area contributed by atoms with Crippen molar-refractivity contribution in [3.63, 3.8) is 0 Å². The van der Waals surface area contributed by atoms with Gasteiger partial charge in [0, 0.05) is 49.2 Å². The molecule has 1 atom stereocenters. The molecule has 0 radical (unpaired) electrons. The molecule has 0 saturated carbocycles. The Labute approximate surface area is 251 Å². The van der Waals surface area contributed by atoms with E-state index in [0.717, 1.165) is 22.3 Å². The summed E-state index contributed by atoms with van der Waals surface area (Å²) in [5.74, 6) is 0.232. The zero-order chi connectivity index (χ0) is 31.1. The molecule has 3 aromatic heterocycles. The van der Waals surface area contributed by atoms with Crippen LogP contribution in [-0.4, -0.2) is 61.6 Å². The van der Waals surface area contributed by atoms with Crippen LogP contribution in [0.3, 0.4) is 0 Å². The Morgan fingerprint density at radius 3 is 2.37 bits per heavy atom. The number of nitrogens with one attached hydrogen (secondary N) is 1. The van der Waals surface area contributed by atoms with Gasteiger partial charge in [0.25, 0.3) is 15.9 Å². The van der Waals surface area contributed by atoms with Crippen LogP contribution in [0.1, 0.15) is 60.2 Å². The number of aryl methyl sites for hydroxylation is 4. The normalized spacial score (nSPS) is 16.9. The number of amides is 1. The number of aromatic nitrogens is 6. The molecule has 5 rings (SSSR count). The van der Waals surface area contributed by atoms with E-state index in [2.05, 4.69) is 50.5 Å². The number of benzene rings is 1. The summed E-state index contributed by atoms with van der Waals surface area (Å²) in [7, 11) is -2.72. The lowest BCUT2D eigenvalue weighted by molar-refractivity contribution is 0.0502. The lowest BCUT2D eigenvalue weighted by atomic mass is 9.87. The maximum absolute atomic E-state index is 14.2. The molecule has 0 spiro atoms. The number of hydrogen-bond acceptors (Lipinski definition) is 9. The first kappa shape index (κ1) is 30.1. The maximum atomic E-state index is 14.2. The largest absolute Gasteiger partial charge is 0.475 e. The number of rotatable bonds is 4. The summed E-state index contributed by atoms with van der Waals surface area (Å²) in [6.07, 6.45) is 3.94. The minimum absolute atomic E-state index is 0.0931. The van der Waals surface area contributed by atoms with Crippen LogP contribution in [0.25, 0.3) is 11.3 Å². The number of carbonyl (C=O) groups excluding carboxylic acids is 1. The fourth-order valence-electron chi connectivity index (χ4n) is 5.20. The lowest BCUT2D eigenvalue weighted by Crippen LogP contribution is -2.45. The molecule has 13 heteroatoms. The van der Waals surface area contributed by atoms with E-state index in [9.17, 15) is 13.2 Å². The topological polar surface area (TPSA) is 145 Å². The van der Waals surface area contributed by atoms with Gasteiger partial charge in [-0.1, -0.05) is 39.0 Å². The molecule has 1 aliphatic heterocycles. The average Bonchev–Trinajstić information content (AvgIpc) is 3.31. The van der Waals surface area contributed by atoms with Crippen LogP contribution in [-0.2, 0) is 23.6 Å². The molecule has 4 aromatic rings. The molecule has 4 bridgehead atoms. The fourth-order valence-corrected chi connectivity index (χ4v) is 6.13. The van der Waals surface area contributed by atoms with E-state index in [1.807, 2.05) is 32.0 Å². The van der Waals surface area contributed by atoms with Crippen LogP contribution in [0, 0.1) is 26.2 Å². The van der Waals surface area contributed by atoms with Crippen molar-refractivity contribution in [2.45, 2.75) is 65.6 Å². The molecular weight excluding hydrogens is 568 g/mol. The summed E-state index contributed by atoms with van der Waals surface area (Å²) in [6, 6.07) is 8.41. The van der Waals surface area contributed by atoms with Crippen LogP contribution >= 0.6 is 0 Å². The van der Waals surface area contributed by atoms with Gasteiger partial charge in [-0.05, 0) is 43.7 Å². The first-order valence-corrected chi connectivity index (χ1v) is 15.4. The predicted molar refractivity (Wildman–Crippen MR) is 161 cm³/mol. The van der Waals surface area contributed by atoms with Crippen molar-refractivity contribution in [3.8, 4) is 17.1 Å². The van der Waals surface area contributed by atoms with Gasteiger partial charge < -0.3 is 9.64 Å². The summed E-state index contributed by atoms with van der Waals surface area (Å²) in [5.41, 5.74) is 3.93. The summed E-state index contributed by atoms with van der Waals surface area (Å²) in [6.45, 7) is 12.3.